The number of benzene rings is 1. The Labute approximate surface area is 163 Å². The SMILES string of the molecule is Cl.O=C(NCC1CNCC1O)C1CCN(c2ccc3c(c2)OCCO3)C1=O. The van der Waals surface area contributed by atoms with Gasteiger partial charge in [-0.15, -0.1) is 12.4 Å². The number of ether oxygens (including phenoxy) is 2. The van der Waals surface area contributed by atoms with Gasteiger partial charge in [0.25, 0.3) is 0 Å². The van der Waals surface area contributed by atoms with E-state index in [-0.39, 0.29) is 30.1 Å². The quantitative estimate of drug-likeness (QED) is 0.615. The van der Waals surface area contributed by atoms with Crippen molar-refractivity contribution in [1.29, 1.82) is 0 Å². The highest BCUT2D eigenvalue weighted by Crippen LogP contribution is 2.36. The van der Waals surface area contributed by atoms with E-state index in [4.69, 9.17) is 9.47 Å². The third-order valence-electron chi connectivity index (χ3n) is 5.20. The zero-order valence-corrected chi connectivity index (χ0v) is 15.7. The summed E-state index contributed by atoms with van der Waals surface area (Å²) in [6.07, 6.45) is 0.0219. The van der Waals surface area contributed by atoms with E-state index >= 15 is 0 Å². The van der Waals surface area contributed by atoms with Crippen molar-refractivity contribution < 1.29 is 24.2 Å². The molecule has 3 unspecified atom stereocenters. The lowest BCUT2D eigenvalue weighted by molar-refractivity contribution is -0.132. The molecule has 8 nitrogen and oxygen atoms in total. The standard InChI is InChI=1S/C18H23N3O5.ClH/c22-14-10-19-8-11(14)9-20-17(23)13-3-4-21(18(13)24)12-1-2-15-16(7-12)26-6-5-25-15;/h1-2,7,11,13-14,19,22H,3-6,8-10H2,(H,20,23);1H. The van der Waals surface area contributed by atoms with Gasteiger partial charge in [0.15, 0.2) is 11.5 Å². The molecule has 1 aromatic rings. The first-order valence-electron chi connectivity index (χ1n) is 9.01. The van der Waals surface area contributed by atoms with Gasteiger partial charge in [-0.2, -0.15) is 0 Å². The molecule has 3 aliphatic rings. The van der Waals surface area contributed by atoms with E-state index in [2.05, 4.69) is 10.6 Å². The molecule has 0 spiro atoms. The molecule has 0 aliphatic carbocycles. The smallest absolute Gasteiger partial charge is 0.239 e. The van der Waals surface area contributed by atoms with E-state index in [0.29, 0.717) is 63.0 Å². The summed E-state index contributed by atoms with van der Waals surface area (Å²) in [6, 6.07) is 5.39. The lowest BCUT2D eigenvalue weighted by atomic mass is 10.0. The third kappa shape index (κ3) is 3.97. The van der Waals surface area contributed by atoms with Gasteiger partial charge in [0.1, 0.15) is 19.1 Å². The monoisotopic (exact) mass is 397 g/mol. The molecule has 3 heterocycles. The molecule has 3 aliphatic heterocycles. The van der Waals surface area contributed by atoms with Crippen molar-refractivity contribution in [1.82, 2.24) is 10.6 Å². The number of anilines is 1. The molecule has 3 atom stereocenters. The molecule has 3 N–H and O–H groups in total. The van der Waals surface area contributed by atoms with Crippen LogP contribution in [-0.4, -0.2) is 62.4 Å². The molecule has 27 heavy (non-hydrogen) atoms. The summed E-state index contributed by atoms with van der Waals surface area (Å²) in [7, 11) is 0. The van der Waals surface area contributed by atoms with Crippen molar-refractivity contribution in [3.05, 3.63) is 18.2 Å². The number of nitrogens with zero attached hydrogens (tertiary/aromatic N) is 1. The zero-order chi connectivity index (χ0) is 18.1. The summed E-state index contributed by atoms with van der Waals surface area (Å²) in [5, 5.41) is 15.7. The van der Waals surface area contributed by atoms with Crippen LogP contribution in [0.25, 0.3) is 0 Å². The lowest BCUT2D eigenvalue weighted by Gasteiger charge is -2.22. The minimum Gasteiger partial charge on any atom is -0.486 e. The van der Waals surface area contributed by atoms with E-state index in [9.17, 15) is 14.7 Å². The number of carbonyl (C=O) groups excluding carboxylic acids is 2. The van der Waals surface area contributed by atoms with Crippen LogP contribution >= 0.6 is 12.4 Å². The molecule has 4 rings (SSSR count). The summed E-state index contributed by atoms with van der Waals surface area (Å²) in [5.74, 6) is 0.124. The Balaban J connectivity index is 0.00000210. The molecule has 0 radical (unpaired) electrons. The van der Waals surface area contributed by atoms with Crippen LogP contribution in [0.3, 0.4) is 0 Å². The molecule has 148 valence electrons. The van der Waals surface area contributed by atoms with Crippen LogP contribution in [-0.2, 0) is 9.59 Å². The maximum atomic E-state index is 12.7. The van der Waals surface area contributed by atoms with Crippen LogP contribution in [0.2, 0.25) is 0 Å². The summed E-state index contributed by atoms with van der Waals surface area (Å²) < 4.78 is 11.1. The Morgan fingerprint density at radius 1 is 1.26 bits per heavy atom. The molecule has 2 fully saturated rings. The minimum absolute atomic E-state index is 0. The van der Waals surface area contributed by atoms with Crippen molar-refractivity contribution in [2.24, 2.45) is 11.8 Å². The normalized spacial score (nSPS) is 26.6. The zero-order valence-electron chi connectivity index (χ0n) is 14.8. The molecular weight excluding hydrogens is 374 g/mol. The molecular formula is C18H24ClN3O5. The summed E-state index contributed by atoms with van der Waals surface area (Å²) in [4.78, 5) is 26.8. The number of β-amino-alcohol motifs (C(OH)–C–C–N with tert-alkyl or cyclic N) is 1. The van der Waals surface area contributed by atoms with Gasteiger partial charge in [0.05, 0.1) is 6.10 Å². The fourth-order valence-corrected chi connectivity index (χ4v) is 3.66. The number of fused-ring (bicyclic) bond motifs is 1. The molecule has 2 amide bonds. The second-order valence-electron chi connectivity index (χ2n) is 6.89. The highest BCUT2D eigenvalue weighted by Gasteiger charge is 2.38. The van der Waals surface area contributed by atoms with Gasteiger partial charge in [-0.25, -0.2) is 0 Å². The first-order valence-corrected chi connectivity index (χ1v) is 9.01. The molecule has 9 heteroatoms. The molecule has 0 saturated carbocycles. The Morgan fingerprint density at radius 2 is 2.04 bits per heavy atom. The maximum Gasteiger partial charge on any atom is 0.239 e. The van der Waals surface area contributed by atoms with E-state index in [1.807, 2.05) is 6.07 Å². The average molecular weight is 398 g/mol. The van der Waals surface area contributed by atoms with Crippen molar-refractivity contribution in [3.63, 3.8) is 0 Å². The van der Waals surface area contributed by atoms with Gasteiger partial charge < -0.3 is 30.1 Å². The van der Waals surface area contributed by atoms with Crippen LogP contribution < -0.4 is 25.0 Å². The first kappa shape index (κ1) is 19.7. The van der Waals surface area contributed by atoms with E-state index in [0.717, 1.165) is 0 Å². The van der Waals surface area contributed by atoms with E-state index in [1.165, 1.54) is 0 Å². The van der Waals surface area contributed by atoms with Gasteiger partial charge in [-0.1, -0.05) is 0 Å². The fourth-order valence-electron chi connectivity index (χ4n) is 3.66. The molecule has 0 bridgehead atoms. The Hall–Kier alpha value is -2.03. The van der Waals surface area contributed by atoms with Crippen LogP contribution in [0, 0.1) is 11.8 Å². The number of halogens is 1. The predicted octanol–water partition coefficient (Wildman–Crippen LogP) is -0.0710. The van der Waals surface area contributed by atoms with Gasteiger partial charge in [-0.3, -0.25) is 9.59 Å². The van der Waals surface area contributed by atoms with E-state index < -0.39 is 12.0 Å². The number of nitrogens with one attached hydrogen (secondary N) is 2. The Kier molecular flexibility index (Phi) is 6.08. The number of aliphatic hydroxyl groups excluding tert-OH is 1. The minimum atomic E-state index is -0.685. The summed E-state index contributed by atoms with van der Waals surface area (Å²) in [5.41, 5.74) is 0.713. The Morgan fingerprint density at radius 3 is 2.78 bits per heavy atom. The molecule has 2 saturated heterocycles. The third-order valence-corrected chi connectivity index (χ3v) is 5.20. The number of hydrogen-bond acceptors (Lipinski definition) is 6. The second kappa shape index (κ2) is 8.33. The van der Waals surface area contributed by atoms with Crippen LogP contribution in [0.4, 0.5) is 5.69 Å². The molecule has 1 aromatic carbocycles. The highest BCUT2D eigenvalue weighted by molar-refractivity contribution is 6.09. The second-order valence-corrected chi connectivity index (χ2v) is 6.89. The van der Waals surface area contributed by atoms with Crippen LogP contribution in [0.5, 0.6) is 11.5 Å². The number of carbonyl (C=O) groups is 2. The van der Waals surface area contributed by atoms with Crippen LogP contribution in [0.1, 0.15) is 6.42 Å². The topological polar surface area (TPSA) is 100 Å². The number of amides is 2. The first-order chi connectivity index (χ1) is 12.6. The maximum absolute atomic E-state index is 12.7. The van der Waals surface area contributed by atoms with Crippen LogP contribution in [0.15, 0.2) is 18.2 Å². The Bertz CT molecular complexity index is 716. The van der Waals surface area contributed by atoms with Crippen molar-refractivity contribution in [3.8, 4) is 11.5 Å². The largest absolute Gasteiger partial charge is 0.486 e. The van der Waals surface area contributed by atoms with Gasteiger partial charge in [0, 0.05) is 43.9 Å². The summed E-state index contributed by atoms with van der Waals surface area (Å²) in [6.45, 7) is 3.08. The van der Waals surface area contributed by atoms with Crippen molar-refractivity contribution in [2.45, 2.75) is 12.5 Å². The number of rotatable bonds is 4. The average Bonchev–Trinajstić information content (AvgIpc) is 3.25. The highest BCUT2D eigenvalue weighted by atomic mass is 35.5. The number of hydrogen-bond donors (Lipinski definition) is 3. The molecule has 0 aromatic heterocycles. The van der Waals surface area contributed by atoms with E-state index in [1.54, 1.807) is 17.0 Å². The van der Waals surface area contributed by atoms with Crippen molar-refractivity contribution in [2.75, 3.05) is 44.3 Å². The number of aliphatic hydroxyl groups is 1. The van der Waals surface area contributed by atoms with Crippen molar-refractivity contribution >= 4 is 29.9 Å². The van der Waals surface area contributed by atoms with Gasteiger partial charge in [0.2, 0.25) is 11.8 Å². The van der Waals surface area contributed by atoms with Gasteiger partial charge >= 0.3 is 0 Å². The fraction of sp³-hybridized carbons (Fsp3) is 0.556. The lowest BCUT2D eigenvalue weighted by Crippen LogP contribution is -2.40. The predicted molar refractivity (Wildman–Crippen MR) is 101 cm³/mol. The summed E-state index contributed by atoms with van der Waals surface area (Å²) >= 11 is 0. The van der Waals surface area contributed by atoms with Gasteiger partial charge in [-0.05, 0) is 18.6 Å².